The molecule has 1 aromatic rings. The van der Waals surface area contributed by atoms with Crippen LogP contribution in [0.3, 0.4) is 0 Å². The Balaban J connectivity index is 2.32. The number of halogens is 2. The molecule has 3 heteroatoms. The average molecular weight is 244 g/mol. The van der Waals surface area contributed by atoms with E-state index in [2.05, 4.69) is 15.9 Å². The molecule has 1 fully saturated rings. The summed E-state index contributed by atoms with van der Waals surface area (Å²) in [5.41, 5.74) is 6.55. The average Bonchev–Trinajstić information content (AvgIpc) is 2.91. The fraction of sp³-hybridized carbons (Fsp3) is 0.400. The Kier molecular flexibility index (Phi) is 2.39. The molecule has 1 nitrogen and oxygen atoms in total. The topological polar surface area (TPSA) is 26.0 Å². The zero-order valence-corrected chi connectivity index (χ0v) is 8.72. The molecule has 0 heterocycles. The minimum atomic E-state index is -0.207. The molecular formula is C10H11BrFN. The predicted molar refractivity (Wildman–Crippen MR) is 53.8 cm³/mol. The molecule has 1 atom stereocenters. The molecule has 0 spiro atoms. The van der Waals surface area contributed by atoms with Crippen molar-refractivity contribution in [1.29, 1.82) is 0 Å². The van der Waals surface area contributed by atoms with Crippen LogP contribution in [-0.2, 0) is 0 Å². The predicted octanol–water partition coefficient (Wildman–Crippen LogP) is 3.00. The highest BCUT2D eigenvalue weighted by molar-refractivity contribution is 9.10. The van der Waals surface area contributed by atoms with Gasteiger partial charge in [0.25, 0.3) is 0 Å². The van der Waals surface area contributed by atoms with Crippen molar-refractivity contribution in [3.63, 3.8) is 0 Å². The second kappa shape index (κ2) is 3.39. The molecule has 0 bridgehead atoms. The van der Waals surface area contributed by atoms with Crippen LogP contribution < -0.4 is 5.73 Å². The van der Waals surface area contributed by atoms with Gasteiger partial charge in [0, 0.05) is 11.6 Å². The van der Waals surface area contributed by atoms with Gasteiger partial charge < -0.3 is 5.73 Å². The highest BCUT2D eigenvalue weighted by Crippen LogP contribution is 2.40. The van der Waals surface area contributed by atoms with E-state index in [1.165, 1.54) is 0 Å². The van der Waals surface area contributed by atoms with Gasteiger partial charge in [0.15, 0.2) is 0 Å². The van der Waals surface area contributed by atoms with E-state index >= 15 is 0 Å². The Morgan fingerprint density at radius 3 is 2.77 bits per heavy atom. The smallest absolute Gasteiger partial charge is 0.142 e. The van der Waals surface area contributed by atoms with Crippen molar-refractivity contribution in [3.05, 3.63) is 34.1 Å². The van der Waals surface area contributed by atoms with Gasteiger partial charge in [0.2, 0.25) is 0 Å². The van der Waals surface area contributed by atoms with Crippen LogP contribution in [0, 0.1) is 11.7 Å². The van der Waals surface area contributed by atoms with Crippen molar-refractivity contribution in [2.24, 2.45) is 11.7 Å². The summed E-state index contributed by atoms with van der Waals surface area (Å²) in [4.78, 5) is 0. The lowest BCUT2D eigenvalue weighted by molar-refractivity contribution is 0.549. The van der Waals surface area contributed by atoms with Crippen LogP contribution in [0.4, 0.5) is 4.39 Å². The van der Waals surface area contributed by atoms with E-state index in [-0.39, 0.29) is 11.9 Å². The zero-order chi connectivity index (χ0) is 9.42. The van der Waals surface area contributed by atoms with E-state index in [0.717, 1.165) is 12.8 Å². The first-order valence-corrected chi connectivity index (χ1v) is 5.19. The third kappa shape index (κ3) is 1.76. The number of benzene rings is 1. The van der Waals surface area contributed by atoms with Crippen LogP contribution in [-0.4, -0.2) is 0 Å². The minimum absolute atomic E-state index is 0.127. The van der Waals surface area contributed by atoms with Crippen molar-refractivity contribution in [2.75, 3.05) is 0 Å². The lowest BCUT2D eigenvalue weighted by atomic mass is 10.0. The summed E-state index contributed by atoms with van der Waals surface area (Å²) in [6, 6.07) is 5.16. The highest BCUT2D eigenvalue weighted by atomic mass is 79.9. The molecule has 1 aliphatic rings. The molecule has 2 N–H and O–H groups in total. The third-order valence-corrected chi connectivity index (χ3v) is 3.08. The van der Waals surface area contributed by atoms with Gasteiger partial charge in [0.1, 0.15) is 5.82 Å². The molecule has 0 saturated heterocycles. The molecule has 70 valence electrons. The minimum Gasteiger partial charge on any atom is -0.324 e. The molecule has 1 aromatic carbocycles. The summed E-state index contributed by atoms with van der Waals surface area (Å²) in [6.45, 7) is 0. The number of hydrogen-bond donors (Lipinski definition) is 1. The van der Waals surface area contributed by atoms with Crippen LogP contribution in [0.5, 0.6) is 0 Å². The van der Waals surface area contributed by atoms with Gasteiger partial charge in [-0.05, 0) is 40.8 Å². The quantitative estimate of drug-likeness (QED) is 0.850. The van der Waals surface area contributed by atoms with Crippen LogP contribution >= 0.6 is 15.9 Å². The summed E-state index contributed by atoms with van der Waals surface area (Å²) in [5, 5.41) is 0. The van der Waals surface area contributed by atoms with E-state index in [1.54, 1.807) is 12.1 Å². The first kappa shape index (κ1) is 9.16. The molecule has 0 unspecified atom stereocenters. The summed E-state index contributed by atoms with van der Waals surface area (Å²) in [5.74, 6) is 0.283. The summed E-state index contributed by atoms with van der Waals surface area (Å²) in [7, 11) is 0. The molecule has 2 rings (SSSR count). The molecule has 0 aliphatic heterocycles. The van der Waals surface area contributed by atoms with Gasteiger partial charge in [-0.15, -0.1) is 0 Å². The maximum Gasteiger partial charge on any atom is 0.142 e. The van der Waals surface area contributed by atoms with Crippen LogP contribution in [0.25, 0.3) is 0 Å². The van der Waals surface area contributed by atoms with Crippen LogP contribution in [0.2, 0.25) is 0 Å². The van der Waals surface area contributed by atoms with E-state index < -0.39 is 0 Å². The largest absolute Gasteiger partial charge is 0.324 e. The Hall–Kier alpha value is -0.410. The zero-order valence-electron chi connectivity index (χ0n) is 7.13. The first-order chi connectivity index (χ1) is 6.20. The van der Waals surface area contributed by atoms with Crippen LogP contribution in [0.15, 0.2) is 22.7 Å². The van der Waals surface area contributed by atoms with Crippen molar-refractivity contribution in [2.45, 2.75) is 18.9 Å². The number of hydrogen-bond acceptors (Lipinski definition) is 1. The molecule has 0 amide bonds. The van der Waals surface area contributed by atoms with Crippen molar-refractivity contribution in [3.8, 4) is 0 Å². The maximum atomic E-state index is 13.5. The first-order valence-electron chi connectivity index (χ1n) is 4.39. The van der Waals surface area contributed by atoms with Crippen molar-refractivity contribution in [1.82, 2.24) is 0 Å². The maximum absolute atomic E-state index is 13.5. The third-order valence-electron chi connectivity index (χ3n) is 2.47. The molecule has 13 heavy (non-hydrogen) atoms. The number of rotatable bonds is 2. The fourth-order valence-electron chi connectivity index (χ4n) is 1.49. The summed E-state index contributed by atoms with van der Waals surface area (Å²) in [6.07, 6.45) is 2.26. The molecular weight excluding hydrogens is 233 g/mol. The van der Waals surface area contributed by atoms with Gasteiger partial charge >= 0.3 is 0 Å². The van der Waals surface area contributed by atoms with Gasteiger partial charge in [-0.2, -0.15) is 0 Å². The lowest BCUT2D eigenvalue weighted by Crippen LogP contribution is -2.14. The van der Waals surface area contributed by atoms with Crippen molar-refractivity contribution < 1.29 is 4.39 Å². The lowest BCUT2D eigenvalue weighted by Gasteiger charge is -2.12. The van der Waals surface area contributed by atoms with Crippen LogP contribution in [0.1, 0.15) is 24.4 Å². The summed E-state index contributed by atoms with van der Waals surface area (Å²) >= 11 is 3.15. The van der Waals surface area contributed by atoms with Gasteiger partial charge in [-0.25, -0.2) is 4.39 Å². The molecule has 0 aromatic heterocycles. The fourth-order valence-corrected chi connectivity index (χ4v) is 1.87. The Morgan fingerprint density at radius 1 is 1.46 bits per heavy atom. The van der Waals surface area contributed by atoms with E-state index in [4.69, 9.17) is 5.73 Å². The number of nitrogens with two attached hydrogens (primary N) is 1. The standard InChI is InChI=1S/C10H11BrFN/c11-8-3-1-2-7(9(8)12)10(13)6-4-5-6/h1-3,6,10H,4-5,13H2/t10-/m0/s1. The molecule has 0 radical (unpaired) electrons. The normalized spacial score (nSPS) is 18.7. The Bertz CT molecular complexity index is 323. The monoisotopic (exact) mass is 243 g/mol. The molecule has 1 saturated carbocycles. The van der Waals surface area contributed by atoms with E-state index in [9.17, 15) is 4.39 Å². The summed E-state index contributed by atoms with van der Waals surface area (Å²) < 4.78 is 14.0. The van der Waals surface area contributed by atoms with Crippen molar-refractivity contribution >= 4 is 15.9 Å². The van der Waals surface area contributed by atoms with Gasteiger partial charge in [-0.1, -0.05) is 12.1 Å². The molecule has 1 aliphatic carbocycles. The Morgan fingerprint density at radius 2 is 2.15 bits per heavy atom. The Labute approximate surface area is 85.3 Å². The highest BCUT2D eigenvalue weighted by Gasteiger charge is 2.31. The van der Waals surface area contributed by atoms with E-state index in [0.29, 0.717) is 16.0 Å². The van der Waals surface area contributed by atoms with E-state index in [1.807, 2.05) is 6.07 Å². The van der Waals surface area contributed by atoms with Gasteiger partial charge in [0.05, 0.1) is 4.47 Å². The SMILES string of the molecule is N[C@H](c1cccc(Br)c1F)C1CC1. The van der Waals surface area contributed by atoms with Gasteiger partial charge in [-0.3, -0.25) is 0 Å². The second-order valence-electron chi connectivity index (χ2n) is 3.51. The second-order valence-corrected chi connectivity index (χ2v) is 4.36.